The Kier molecular flexibility index (Phi) is 23.7. The summed E-state index contributed by atoms with van der Waals surface area (Å²) in [5.41, 5.74) is 2.28. The second-order valence-electron chi connectivity index (χ2n) is 10.9. The summed E-state index contributed by atoms with van der Waals surface area (Å²) in [5, 5.41) is 2.43. The van der Waals surface area contributed by atoms with Crippen molar-refractivity contribution in [2.24, 2.45) is 0 Å². The van der Waals surface area contributed by atoms with Gasteiger partial charge in [-0.1, -0.05) is 81.4 Å². The molecular formula is C35H38BF4FeO7Si-. The van der Waals surface area contributed by atoms with Crippen molar-refractivity contribution in [1.29, 1.82) is 0 Å². The van der Waals surface area contributed by atoms with E-state index in [0.29, 0.717) is 12.4 Å². The molecule has 0 saturated heterocycles. The fourth-order valence-electron chi connectivity index (χ4n) is 5.34. The van der Waals surface area contributed by atoms with Crippen molar-refractivity contribution in [2.45, 2.75) is 44.8 Å². The van der Waals surface area contributed by atoms with Crippen LogP contribution in [-0.2, 0) is 46.8 Å². The number of hydrogen-bond acceptors (Lipinski definition) is 4. The molecule has 4 radical (unpaired) electrons. The average molecular weight is 741 g/mol. The minimum absolute atomic E-state index is 0. The molecule has 0 amide bonds. The number of benzene rings is 3. The molecule has 3 aromatic carbocycles. The van der Waals surface area contributed by atoms with Crippen molar-refractivity contribution >= 4 is 25.9 Å². The number of halogens is 4. The molecule has 264 valence electrons. The Morgan fingerprint density at radius 2 is 1.18 bits per heavy atom. The van der Waals surface area contributed by atoms with Crippen LogP contribution >= 0.6 is 0 Å². The summed E-state index contributed by atoms with van der Waals surface area (Å²) < 4.78 is 85.6. The summed E-state index contributed by atoms with van der Waals surface area (Å²) >= 11 is 0. The van der Waals surface area contributed by atoms with Crippen LogP contribution in [0.15, 0.2) is 72.8 Å². The topological polar surface area (TPSA) is 96.6 Å². The van der Waals surface area contributed by atoms with Gasteiger partial charge >= 0.3 is 41.2 Å². The third-order valence-corrected chi connectivity index (χ3v) is 12.2. The van der Waals surface area contributed by atoms with E-state index in [-0.39, 0.29) is 28.0 Å². The standard InChI is InChI=1S/C32H38O4Si.3CO.BF4.Fe/c1-32(2,3)37(27-13-9-7-10-14-27,28-15-11-8-12-16-28)36-23-25-21-30(34-5)31(35-6)22-29(25)24-17-19-26(33-4)20-18-24;3*1-2;2-1(3,4)5;/h7-17,19-22,24H,18,23H2,1-6H3;;;;;/q;;;;-1;. The Morgan fingerprint density at radius 3 is 1.53 bits per heavy atom. The maximum Gasteiger partial charge on any atom is 0 e. The van der Waals surface area contributed by atoms with Crippen LogP contribution in [0.5, 0.6) is 11.5 Å². The predicted molar refractivity (Wildman–Crippen MR) is 174 cm³/mol. The monoisotopic (exact) mass is 741 g/mol. The first-order valence-corrected chi connectivity index (χ1v) is 16.2. The molecule has 14 heteroatoms. The van der Waals surface area contributed by atoms with Crippen LogP contribution in [0.2, 0.25) is 5.04 Å². The van der Waals surface area contributed by atoms with E-state index >= 15 is 0 Å². The van der Waals surface area contributed by atoms with E-state index in [0.717, 1.165) is 23.8 Å². The molecule has 1 atom stereocenters. The number of ether oxygens (including phenoxy) is 3. The zero-order chi connectivity index (χ0) is 37.0. The Morgan fingerprint density at radius 1 is 0.755 bits per heavy atom. The van der Waals surface area contributed by atoms with E-state index < -0.39 is 15.6 Å². The van der Waals surface area contributed by atoms with Crippen molar-refractivity contribution in [3.8, 4) is 11.5 Å². The van der Waals surface area contributed by atoms with Gasteiger partial charge in [0.25, 0.3) is 8.32 Å². The molecule has 0 aromatic heterocycles. The largest absolute Gasteiger partial charge is 0 e. The van der Waals surface area contributed by atoms with Crippen LogP contribution in [0.1, 0.15) is 44.2 Å². The maximum atomic E-state index is 9.75. The molecule has 1 fully saturated rings. The molecule has 0 aliphatic heterocycles. The number of methoxy groups -OCH3 is 3. The van der Waals surface area contributed by atoms with Crippen LogP contribution in [0.3, 0.4) is 0 Å². The fraction of sp³-hybridized carbons (Fsp3) is 0.286. The molecule has 3 aromatic rings. The number of hydrogen-bond donors (Lipinski definition) is 0. The molecule has 1 aliphatic rings. The van der Waals surface area contributed by atoms with Gasteiger partial charge < -0.3 is 35.9 Å². The van der Waals surface area contributed by atoms with Gasteiger partial charge in [-0.2, -0.15) is 0 Å². The van der Waals surface area contributed by atoms with Crippen molar-refractivity contribution < 1.29 is 66.9 Å². The van der Waals surface area contributed by atoms with Crippen molar-refractivity contribution in [3.05, 3.63) is 129 Å². The molecule has 0 heterocycles. The van der Waals surface area contributed by atoms with Gasteiger partial charge in [0.05, 0.1) is 20.8 Å². The van der Waals surface area contributed by atoms with Gasteiger partial charge in [-0.3, -0.25) is 0 Å². The van der Waals surface area contributed by atoms with Gasteiger partial charge in [0.1, 0.15) is 6.10 Å². The Hall–Kier alpha value is -3.08. The van der Waals surface area contributed by atoms with E-state index in [9.17, 15) is 17.3 Å². The van der Waals surface area contributed by atoms with E-state index in [1.54, 1.807) is 21.3 Å². The molecule has 0 spiro atoms. The van der Waals surface area contributed by atoms with Gasteiger partial charge in [0.15, 0.2) is 11.5 Å². The van der Waals surface area contributed by atoms with Crippen LogP contribution in [0.25, 0.3) is 0 Å². The summed E-state index contributed by atoms with van der Waals surface area (Å²) in [4.78, 5) is 0. The summed E-state index contributed by atoms with van der Waals surface area (Å²) in [6.07, 6.45) is 8.11. The van der Waals surface area contributed by atoms with Gasteiger partial charge in [-0.15, -0.1) is 0 Å². The predicted octanol–water partition coefficient (Wildman–Crippen LogP) is 7.24. The van der Waals surface area contributed by atoms with Crippen LogP contribution < -0.4 is 19.8 Å². The third-order valence-electron chi connectivity index (χ3n) is 7.21. The van der Waals surface area contributed by atoms with Gasteiger partial charge in [-0.05, 0) is 63.9 Å². The molecule has 0 bridgehead atoms. The normalized spacial score (nSPS) is 13.1. The van der Waals surface area contributed by atoms with Crippen molar-refractivity contribution in [3.63, 3.8) is 0 Å². The second-order valence-corrected chi connectivity index (χ2v) is 15.2. The molecule has 4 rings (SSSR count). The molecule has 1 saturated carbocycles. The minimum atomic E-state index is -6.00. The van der Waals surface area contributed by atoms with E-state index in [1.165, 1.54) is 15.9 Å². The zero-order valence-corrected chi connectivity index (χ0v) is 30.1. The Labute approximate surface area is 298 Å². The molecule has 7 nitrogen and oxygen atoms in total. The summed E-state index contributed by atoms with van der Waals surface area (Å²) in [5.74, 6) is 1.62. The Balaban J connectivity index is 0. The quantitative estimate of drug-likeness (QED) is 0.100. The summed E-state index contributed by atoms with van der Waals surface area (Å²) in [7, 11) is -3.63. The zero-order valence-electron chi connectivity index (χ0n) is 28.0. The third kappa shape index (κ3) is 14.4. The summed E-state index contributed by atoms with van der Waals surface area (Å²) in [6, 6.07) is 25.7. The van der Waals surface area contributed by atoms with Crippen molar-refractivity contribution in [2.75, 3.05) is 21.3 Å². The SMILES string of the molecule is CO[C]1[CH][CH]C(c2cc(OC)c(OC)cc2CO[Si](c2ccccc2)(c2ccccc2)C(C)(C)C)C[CH]1.F[B-](F)(F)F.[C-]#[O+].[C-]#[O+].[C-]#[O+].[Fe]. The smallest absolute Gasteiger partial charge is 0 e. The first-order chi connectivity index (χ1) is 22.8. The van der Waals surface area contributed by atoms with Crippen LogP contribution in [0, 0.1) is 45.3 Å². The fourth-order valence-corrected chi connectivity index (χ4v) is 9.86. The average Bonchev–Trinajstić information content (AvgIpc) is 3.10. The van der Waals surface area contributed by atoms with E-state index in [2.05, 4.69) is 126 Å². The molecule has 1 aliphatic carbocycles. The first-order valence-electron chi connectivity index (χ1n) is 14.2. The van der Waals surface area contributed by atoms with E-state index in [1.807, 2.05) is 6.42 Å². The van der Waals surface area contributed by atoms with Gasteiger partial charge in [0.2, 0.25) is 0 Å². The first kappa shape index (κ1) is 48.0. The van der Waals surface area contributed by atoms with E-state index in [4.69, 9.17) is 32.6 Å². The molecule has 0 N–H and O–H groups in total. The second kappa shape index (κ2) is 24.1. The molecule has 1 unspecified atom stereocenters. The van der Waals surface area contributed by atoms with Gasteiger partial charge in [0, 0.05) is 30.6 Å². The van der Waals surface area contributed by atoms with Crippen LogP contribution in [-0.4, -0.2) is 36.9 Å². The number of rotatable bonds is 9. The minimum Gasteiger partial charge on any atom is 0 e. The van der Waals surface area contributed by atoms with Gasteiger partial charge in [-0.25, -0.2) is 0 Å². The van der Waals surface area contributed by atoms with Crippen molar-refractivity contribution in [1.82, 2.24) is 0 Å². The Bertz CT molecular complexity index is 1330. The molecule has 49 heavy (non-hydrogen) atoms. The van der Waals surface area contributed by atoms with Crippen LogP contribution in [0.4, 0.5) is 17.3 Å². The molecular weight excluding hydrogens is 703 g/mol. The summed E-state index contributed by atoms with van der Waals surface area (Å²) in [6.45, 7) is 20.9. The maximum absolute atomic E-state index is 9.75.